The molecule has 0 spiro atoms. The summed E-state index contributed by atoms with van der Waals surface area (Å²) >= 11 is 0. The monoisotopic (exact) mass is 348 g/mol. The normalized spacial score (nSPS) is 19.6. The SMILES string of the molecule is COc1ccc(C2CC2C(=O)NC(CCCN=C(N)N)C(=O)O)cc1. The molecule has 0 radical (unpaired) electrons. The highest BCUT2D eigenvalue weighted by Gasteiger charge is 2.44. The van der Waals surface area contributed by atoms with Crippen molar-refractivity contribution in [3.05, 3.63) is 29.8 Å². The number of hydrogen-bond acceptors (Lipinski definition) is 4. The second-order valence-corrected chi connectivity index (χ2v) is 6.07. The molecular formula is C17H24N4O4. The number of methoxy groups -OCH3 is 1. The Morgan fingerprint density at radius 1 is 1.36 bits per heavy atom. The number of aliphatic carboxylic acids is 1. The smallest absolute Gasteiger partial charge is 0.326 e. The molecule has 1 aromatic carbocycles. The van der Waals surface area contributed by atoms with E-state index in [1.54, 1.807) is 7.11 Å². The van der Waals surface area contributed by atoms with E-state index >= 15 is 0 Å². The maximum atomic E-state index is 12.3. The molecule has 2 rings (SSSR count). The van der Waals surface area contributed by atoms with Crippen LogP contribution < -0.4 is 21.5 Å². The third-order valence-corrected chi connectivity index (χ3v) is 4.23. The van der Waals surface area contributed by atoms with Gasteiger partial charge in [0.25, 0.3) is 0 Å². The number of nitrogens with one attached hydrogen (secondary N) is 1. The Labute approximate surface area is 146 Å². The van der Waals surface area contributed by atoms with E-state index in [-0.39, 0.29) is 30.1 Å². The number of rotatable bonds is 9. The van der Waals surface area contributed by atoms with Gasteiger partial charge in [-0.1, -0.05) is 12.1 Å². The van der Waals surface area contributed by atoms with Crippen LogP contribution in [0.2, 0.25) is 0 Å². The van der Waals surface area contributed by atoms with Crippen LogP contribution in [-0.2, 0) is 9.59 Å². The first-order valence-corrected chi connectivity index (χ1v) is 8.15. The van der Waals surface area contributed by atoms with Crippen LogP contribution in [0.3, 0.4) is 0 Å². The van der Waals surface area contributed by atoms with Crippen molar-refractivity contribution in [3.8, 4) is 5.75 Å². The summed E-state index contributed by atoms with van der Waals surface area (Å²) < 4.78 is 5.11. The van der Waals surface area contributed by atoms with Gasteiger partial charge in [-0.25, -0.2) is 4.79 Å². The Morgan fingerprint density at radius 2 is 2.04 bits per heavy atom. The molecule has 0 aromatic heterocycles. The van der Waals surface area contributed by atoms with E-state index in [2.05, 4.69) is 10.3 Å². The summed E-state index contributed by atoms with van der Waals surface area (Å²) in [4.78, 5) is 27.4. The van der Waals surface area contributed by atoms with Crippen molar-refractivity contribution < 1.29 is 19.4 Å². The molecule has 1 amide bonds. The van der Waals surface area contributed by atoms with Crippen molar-refractivity contribution >= 4 is 17.8 Å². The summed E-state index contributed by atoms with van der Waals surface area (Å²) in [6.07, 6.45) is 1.47. The predicted molar refractivity (Wildman–Crippen MR) is 93.3 cm³/mol. The number of carboxylic acids is 1. The fourth-order valence-corrected chi connectivity index (χ4v) is 2.74. The van der Waals surface area contributed by atoms with Gasteiger partial charge in [0, 0.05) is 12.5 Å². The molecule has 136 valence electrons. The van der Waals surface area contributed by atoms with E-state index in [1.165, 1.54) is 0 Å². The lowest BCUT2D eigenvalue weighted by atomic mass is 10.1. The Morgan fingerprint density at radius 3 is 2.60 bits per heavy atom. The molecule has 0 heterocycles. The van der Waals surface area contributed by atoms with Crippen molar-refractivity contribution in [1.29, 1.82) is 0 Å². The molecule has 0 saturated heterocycles. The first-order valence-electron chi connectivity index (χ1n) is 8.15. The van der Waals surface area contributed by atoms with Gasteiger partial charge < -0.3 is 26.6 Å². The number of nitrogens with two attached hydrogens (primary N) is 2. The van der Waals surface area contributed by atoms with Gasteiger partial charge in [0.1, 0.15) is 11.8 Å². The molecule has 3 unspecified atom stereocenters. The lowest BCUT2D eigenvalue weighted by Crippen LogP contribution is -2.41. The number of benzene rings is 1. The van der Waals surface area contributed by atoms with Gasteiger partial charge in [0.15, 0.2) is 5.96 Å². The maximum absolute atomic E-state index is 12.3. The Bertz CT molecular complexity index is 641. The average molecular weight is 348 g/mol. The van der Waals surface area contributed by atoms with Crippen LogP contribution in [-0.4, -0.2) is 42.6 Å². The molecule has 1 aliphatic rings. The molecule has 1 saturated carbocycles. The minimum Gasteiger partial charge on any atom is -0.497 e. The summed E-state index contributed by atoms with van der Waals surface area (Å²) in [6.45, 7) is 0.333. The van der Waals surface area contributed by atoms with Crippen LogP contribution in [0.1, 0.15) is 30.7 Å². The molecule has 8 nitrogen and oxygen atoms in total. The zero-order chi connectivity index (χ0) is 18.4. The molecule has 1 aliphatic carbocycles. The van der Waals surface area contributed by atoms with E-state index in [9.17, 15) is 14.7 Å². The fraction of sp³-hybridized carbons (Fsp3) is 0.471. The van der Waals surface area contributed by atoms with Gasteiger partial charge in [-0.3, -0.25) is 9.79 Å². The van der Waals surface area contributed by atoms with E-state index < -0.39 is 12.0 Å². The molecule has 1 fully saturated rings. The highest BCUT2D eigenvalue weighted by Crippen LogP contribution is 2.47. The van der Waals surface area contributed by atoms with Gasteiger partial charge in [0.05, 0.1) is 7.11 Å². The third-order valence-electron chi connectivity index (χ3n) is 4.23. The number of carbonyl (C=O) groups is 2. The van der Waals surface area contributed by atoms with Crippen LogP contribution in [0.4, 0.5) is 0 Å². The van der Waals surface area contributed by atoms with Crippen molar-refractivity contribution in [2.45, 2.75) is 31.2 Å². The minimum atomic E-state index is -1.06. The van der Waals surface area contributed by atoms with Gasteiger partial charge >= 0.3 is 5.97 Å². The molecule has 1 aromatic rings. The number of aliphatic imine (C=N–C) groups is 1. The highest BCUT2D eigenvalue weighted by atomic mass is 16.5. The number of nitrogens with zero attached hydrogens (tertiary/aromatic N) is 1. The standard InChI is InChI=1S/C17H24N4O4/c1-25-11-6-4-10(5-7-11)12-9-13(12)15(22)21-14(16(23)24)3-2-8-20-17(18)19/h4-7,12-14H,2-3,8-9H2,1H3,(H,21,22)(H,23,24)(H4,18,19,20). The first-order chi connectivity index (χ1) is 11.9. The molecular weight excluding hydrogens is 324 g/mol. The van der Waals surface area contributed by atoms with Crippen molar-refractivity contribution in [1.82, 2.24) is 5.32 Å². The van der Waals surface area contributed by atoms with E-state index in [0.29, 0.717) is 13.0 Å². The van der Waals surface area contributed by atoms with Crippen molar-refractivity contribution in [2.75, 3.05) is 13.7 Å². The van der Waals surface area contributed by atoms with Gasteiger partial charge in [0.2, 0.25) is 5.91 Å². The zero-order valence-electron chi connectivity index (χ0n) is 14.1. The number of ether oxygens (including phenoxy) is 1. The van der Waals surface area contributed by atoms with Crippen LogP contribution in [0.25, 0.3) is 0 Å². The first kappa shape index (κ1) is 18.6. The largest absolute Gasteiger partial charge is 0.497 e. The van der Waals surface area contributed by atoms with Crippen LogP contribution in [0.15, 0.2) is 29.3 Å². The van der Waals surface area contributed by atoms with Gasteiger partial charge in [-0.05, 0) is 42.9 Å². The summed E-state index contributed by atoms with van der Waals surface area (Å²) in [6, 6.07) is 6.64. The minimum absolute atomic E-state index is 0.0313. The second-order valence-electron chi connectivity index (χ2n) is 6.07. The third kappa shape index (κ3) is 5.37. The summed E-state index contributed by atoms with van der Waals surface area (Å²) in [5.74, 6) is -0.613. The quantitative estimate of drug-likeness (QED) is 0.290. The lowest BCUT2D eigenvalue weighted by Gasteiger charge is -2.14. The van der Waals surface area contributed by atoms with Crippen LogP contribution in [0.5, 0.6) is 5.75 Å². The van der Waals surface area contributed by atoms with Crippen LogP contribution >= 0.6 is 0 Å². The van der Waals surface area contributed by atoms with Crippen molar-refractivity contribution in [2.24, 2.45) is 22.4 Å². The molecule has 6 N–H and O–H groups in total. The lowest BCUT2D eigenvalue weighted by molar-refractivity contribution is -0.142. The molecule has 8 heteroatoms. The topological polar surface area (TPSA) is 140 Å². The van der Waals surface area contributed by atoms with Crippen LogP contribution in [0, 0.1) is 5.92 Å². The number of hydrogen-bond donors (Lipinski definition) is 4. The van der Waals surface area contributed by atoms with Gasteiger partial charge in [-0.15, -0.1) is 0 Å². The number of carbonyl (C=O) groups excluding carboxylic acids is 1. The second kappa shape index (κ2) is 8.36. The highest BCUT2D eigenvalue weighted by molar-refractivity contribution is 5.87. The fourth-order valence-electron chi connectivity index (χ4n) is 2.74. The van der Waals surface area contributed by atoms with E-state index in [4.69, 9.17) is 16.2 Å². The molecule has 3 atom stereocenters. The summed E-state index contributed by atoms with van der Waals surface area (Å²) in [5, 5.41) is 11.9. The zero-order valence-corrected chi connectivity index (χ0v) is 14.1. The van der Waals surface area contributed by atoms with Crippen molar-refractivity contribution in [3.63, 3.8) is 0 Å². The number of amides is 1. The number of carboxylic acid groups (broad SMARTS) is 1. The Hall–Kier alpha value is -2.77. The molecule has 0 aliphatic heterocycles. The molecule has 0 bridgehead atoms. The maximum Gasteiger partial charge on any atom is 0.326 e. The predicted octanol–water partition coefficient (Wildman–Crippen LogP) is 0.422. The molecule has 25 heavy (non-hydrogen) atoms. The summed E-state index contributed by atoms with van der Waals surface area (Å²) in [7, 11) is 1.60. The van der Waals surface area contributed by atoms with Gasteiger partial charge in [-0.2, -0.15) is 0 Å². The summed E-state index contributed by atoms with van der Waals surface area (Å²) in [5.41, 5.74) is 11.5. The van der Waals surface area contributed by atoms with E-state index in [1.807, 2.05) is 24.3 Å². The Balaban J connectivity index is 1.84. The Kier molecular flexibility index (Phi) is 6.21. The number of guanidine groups is 1. The van der Waals surface area contributed by atoms with E-state index in [0.717, 1.165) is 17.7 Å². The average Bonchev–Trinajstić information content (AvgIpc) is 3.38.